The summed E-state index contributed by atoms with van der Waals surface area (Å²) < 4.78 is 0. The Balaban J connectivity index is 1.50. The van der Waals surface area contributed by atoms with E-state index in [-0.39, 0.29) is 50.5 Å². The molecular formula is C62H89N13O19. The number of carbonyl (C=O) groups excluding carboxylic acids is 11. The monoisotopic (exact) mass is 1320 g/mol. The van der Waals surface area contributed by atoms with Gasteiger partial charge in [0.1, 0.15) is 54.4 Å². The van der Waals surface area contributed by atoms with Crippen molar-refractivity contribution in [3.8, 4) is 0 Å². The van der Waals surface area contributed by atoms with E-state index >= 15 is 0 Å². The van der Waals surface area contributed by atoms with Crippen LogP contribution in [0.2, 0.25) is 0 Å². The van der Waals surface area contributed by atoms with Gasteiger partial charge in [0.05, 0.1) is 32.3 Å². The minimum Gasteiger partial charge on any atom is -0.481 e. The molecule has 0 unspecified atom stereocenters. The van der Waals surface area contributed by atoms with E-state index in [1.54, 1.807) is 102 Å². The van der Waals surface area contributed by atoms with Crippen LogP contribution in [-0.2, 0) is 80.0 Å². The molecule has 3 aromatic rings. The largest absolute Gasteiger partial charge is 0.481 e. The topological polar surface area (TPSA) is 505 Å². The van der Waals surface area contributed by atoms with Crippen molar-refractivity contribution in [1.29, 1.82) is 0 Å². The van der Waals surface area contributed by atoms with Crippen LogP contribution in [0.15, 0.2) is 60.8 Å². The molecule has 1 aliphatic rings. The van der Waals surface area contributed by atoms with Gasteiger partial charge in [0.2, 0.25) is 65.0 Å². The van der Waals surface area contributed by atoms with Gasteiger partial charge in [-0.2, -0.15) is 0 Å². The molecule has 94 heavy (non-hydrogen) atoms. The molecule has 0 aliphatic carbocycles. The van der Waals surface area contributed by atoms with Gasteiger partial charge in [0, 0.05) is 42.9 Å². The van der Waals surface area contributed by atoms with Crippen LogP contribution >= 0.6 is 0 Å². The number of amides is 11. The van der Waals surface area contributed by atoms with Crippen LogP contribution < -0.4 is 58.9 Å². The number of H-pyrrole nitrogens is 1. The summed E-state index contributed by atoms with van der Waals surface area (Å²) in [4.78, 5) is 190. The minimum absolute atomic E-state index is 0.0366. The summed E-state index contributed by atoms with van der Waals surface area (Å²) in [5, 5.41) is 72.5. The quantitative estimate of drug-likeness (QED) is 0.0269. The zero-order valence-electron chi connectivity index (χ0n) is 53.4. The lowest BCUT2D eigenvalue weighted by atomic mass is 9.98. The van der Waals surface area contributed by atoms with Crippen LogP contribution in [0.4, 0.5) is 0 Å². The molecule has 0 saturated carbocycles. The van der Waals surface area contributed by atoms with Crippen LogP contribution in [0.5, 0.6) is 0 Å². The third kappa shape index (κ3) is 24.8. The number of nitrogens with two attached hydrogens (primary N) is 1. The molecule has 4 rings (SSSR count). The average Bonchev–Trinajstić information content (AvgIpc) is 1.68. The highest BCUT2D eigenvalue weighted by molar-refractivity contribution is 5.99. The molecule has 0 radical (unpaired) electrons. The third-order valence-corrected chi connectivity index (χ3v) is 15.2. The summed E-state index contributed by atoms with van der Waals surface area (Å²) in [7, 11) is 0. The summed E-state index contributed by atoms with van der Waals surface area (Å²) in [5.41, 5.74) is 8.20. The van der Waals surface area contributed by atoms with Gasteiger partial charge in [0.15, 0.2) is 0 Å². The Morgan fingerprint density at radius 3 is 1.60 bits per heavy atom. The van der Waals surface area contributed by atoms with E-state index < -0.39 is 201 Å². The molecule has 516 valence electrons. The van der Waals surface area contributed by atoms with Crippen molar-refractivity contribution in [2.24, 2.45) is 23.5 Å². The van der Waals surface area contributed by atoms with Crippen LogP contribution in [0.3, 0.4) is 0 Å². The van der Waals surface area contributed by atoms with Crippen molar-refractivity contribution in [1.82, 2.24) is 63.1 Å². The Labute approximate surface area is 542 Å². The van der Waals surface area contributed by atoms with E-state index in [0.717, 1.165) is 10.5 Å². The molecule has 1 aromatic heterocycles. The van der Waals surface area contributed by atoms with Gasteiger partial charge in [-0.1, -0.05) is 90.1 Å². The second-order valence-corrected chi connectivity index (χ2v) is 24.1. The SMILES string of the molecule is CC(C)C[C@H](NC(=O)[C@H](CC(C)C)NC(=O)[C@H](Cc1c[nH]c2ccccc12)NC(=O)[C@H](CCC(=O)O)NC(=O)[C@@H](NC(=O)[C@@H](N)Cc1ccccc1)C(C)C)C(=O)N[C@@H](CCC(=O)O)C(=O)NCC(=O)NCC(=O)N1CCC[C@H]1C(=O)N[C@@H](CO)C(=O)N[C@@H](CO)C(=O)O. The van der Waals surface area contributed by atoms with Gasteiger partial charge in [-0.3, -0.25) is 62.3 Å². The number of aromatic amines is 1. The Morgan fingerprint density at radius 2 is 1.04 bits per heavy atom. The molecule has 1 saturated heterocycles. The fraction of sp³-hybridized carbons (Fsp3) is 0.548. The fourth-order valence-electron chi connectivity index (χ4n) is 10.2. The second-order valence-electron chi connectivity index (χ2n) is 24.1. The summed E-state index contributed by atoms with van der Waals surface area (Å²) in [5.74, 6) is -15.5. The predicted octanol–water partition coefficient (Wildman–Crippen LogP) is -3.07. The van der Waals surface area contributed by atoms with E-state index in [1.807, 2.05) is 5.32 Å². The number of carboxylic acid groups (broad SMARTS) is 3. The predicted molar refractivity (Wildman–Crippen MR) is 336 cm³/mol. The first-order chi connectivity index (χ1) is 44.4. The number of aliphatic hydroxyl groups excluding tert-OH is 2. The van der Waals surface area contributed by atoms with E-state index in [2.05, 4.69) is 52.8 Å². The fourth-order valence-corrected chi connectivity index (χ4v) is 10.2. The highest BCUT2D eigenvalue weighted by atomic mass is 16.4. The van der Waals surface area contributed by atoms with Crippen molar-refractivity contribution in [3.05, 3.63) is 71.9 Å². The standard InChI is InChI=1S/C62H89N13O19/c1-32(2)23-42(56(87)67-40(18-20-50(80)81)54(85)66-28-48(78)65-29-49(79)75-22-12-17-47(75)60(91)72-45(30-76)59(90)73-46(31-77)62(93)94)69-57(88)43(24-33(3)4)70-58(89)44(26-36-27-64-39-16-11-10-15-37(36)39)71-55(86)41(19-21-51(82)83)68-61(92)52(34(5)6)74-53(84)38(63)25-35-13-8-7-9-14-35/h7-11,13-16,27,32-34,38,40-47,52,64,76-77H,12,17-26,28-31,63H2,1-6H3,(H,65,78)(H,66,85)(H,67,87)(H,68,92)(H,69,88)(H,70,89)(H,71,86)(H,72,91)(H,73,90)(H,74,84)(H,80,81)(H,82,83)(H,93,94)/t38-,40-,41-,42-,43-,44-,45-,46-,47-,52-/m0/s1. The van der Waals surface area contributed by atoms with Gasteiger partial charge in [0.25, 0.3) is 0 Å². The number of carboxylic acids is 3. The first kappa shape index (κ1) is 76.9. The molecule has 10 atom stereocenters. The molecule has 32 heteroatoms. The van der Waals surface area contributed by atoms with Gasteiger partial charge in [-0.25, -0.2) is 4.79 Å². The number of para-hydroxylation sites is 1. The summed E-state index contributed by atoms with van der Waals surface area (Å²) in [6, 6.07) is 1.49. The molecule has 0 bridgehead atoms. The second kappa shape index (κ2) is 37.8. The lowest BCUT2D eigenvalue weighted by molar-refractivity contribution is -0.144. The molecule has 1 fully saturated rings. The van der Waals surface area contributed by atoms with E-state index in [0.29, 0.717) is 22.9 Å². The average molecular weight is 1320 g/mol. The van der Waals surface area contributed by atoms with E-state index in [1.165, 1.54) is 0 Å². The van der Waals surface area contributed by atoms with Crippen LogP contribution in [0.1, 0.15) is 104 Å². The summed E-state index contributed by atoms with van der Waals surface area (Å²) in [6.45, 7) is 6.78. The number of aliphatic hydroxyl groups is 2. The zero-order valence-corrected chi connectivity index (χ0v) is 53.4. The number of carbonyl (C=O) groups is 14. The molecule has 2 aromatic carbocycles. The number of rotatable bonds is 39. The number of nitrogens with zero attached hydrogens (tertiary/aromatic N) is 1. The van der Waals surface area contributed by atoms with Crippen LogP contribution in [0, 0.1) is 17.8 Å². The lowest BCUT2D eigenvalue weighted by Crippen LogP contribution is -2.61. The molecule has 0 spiro atoms. The highest BCUT2D eigenvalue weighted by Gasteiger charge is 2.39. The van der Waals surface area contributed by atoms with Crippen molar-refractivity contribution in [3.63, 3.8) is 0 Å². The van der Waals surface area contributed by atoms with Gasteiger partial charge in [-0.05, 0) is 79.9 Å². The van der Waals surface area contributed by atoms with Crippen LogP contribution in [-0.4, -0.2) is 212 Å². The number of aromatic nitrogens is 1. The normalized spacial score (nSPS) is 15.7. The van der Waals surface area contributed by atoms with Crippen molar-refractivity contribution in [2.75, 3.05) is 32.8 Å². The molecular weight excluding hydrogens is 1230 g/mol. The number of hydrogen-bond acceptors (Lipinski definition) is 17. The Kier molecular flexibility index (Phi) is 30.9. The third-order valence-electron chi connectivity index (χ3n) is 15.2. The maximum Gasteiger partial charge on any atom is 0.328 e. The summed E-state index contributed by atoms with van der Waals surface area (Å²) in [6.07, 6.45) is -0.406. The lowest BCUT2D eigenvalue weighted by Gasteiger charge is -2.29. The number of likely N-dealkylation sites (tertiary alicyclic amines) is 1. The Morgan fingerprint density at radius 1 is 0.543 bits per heavy atom. The van der Waals surface area contributed by atoms with E-state index in [9.17, 15) is 87.5 Å². The maximum atomic E-state index is 14.8. The van der Waals surface area contributed by atoms with Gasteiger partial charge >= 0.3 is 17.9 Å². The van der Waals surface area contributed by atoms with Gasteiger partial charge in [-0.15, -0.1) is 0 Å². The number of benzene rings is 2. The highest BCUT2D eigenvalue weighted by Crippen LogP contribution is 2.21. The molecule has 11 amide bonds. The molecule has 32 nitrogen and oxygen atoms in total. The molecule has 2 heterocycles. The molecule has 1 aliphatic heterocycles. The Hall–Kier alpha value is -9.56. The van der Waals surface area contributed by atoms with E-state index in [4.69, 9.17) is 10.8 Å². The van der Waals surface area contributed by atoms with Crippen molar-refractivity contribution < 1.29 is 92.7 Å². The van der Waals surface area contributed by atoms with Gasteiger partial charge < -0.3 is 94.3 Å². The number of aliphatic carboxylic acids is 3. The zero-order chi connectivity index (χ0) is 69.9. The van der Waals surface area contributed by atoms with Crippen LogP contribution in [0.25, 0.3) is 10.9 Å². The molecule has 18 N–H and O–H groups in total. The minimum atomic E-state index is -1.73. The van der Waals surface area contributed by atoms with Crippen molar-refractivity contribution in [2.45, 2.75) is 166 Å². The van der Waals surface area contributed by atoms with Crippen molar-refractivity contribution >= 4 is 93.8 Å². The number of hydrogen-bond donors (Lipinski definition) is 17. The number of fused-ring (bicyclic) bond motifs is 1. The smallest absolute Gasteiger partial charge is 0.328 e. The first-order valence-electron chi connectivity index (χ1n) is 30.9. The summed E-state index contributed by atoms with van der Waals surface area (Å²) >= 11 is 0. The first-order valence-corrected chi connectivity index (χ1v) is 30.9. The number of nitrogens with one attached hydrogen (secondary N) is 11. The Bertz CT molecular complexity index is 3160. The maximum absolute atomic E-state index is 14.8.